The first-order valence-corrected chi connectivity index (χ1v) is 9.36. The number of rotatable bonds is 5. The van der Waals surface area contributed by atoms with Gasteiger partial charge in [0.05, 0.1) is 11.1 Å². The smallest absolute Gasteiger partial charge is 0.224 e. The van der Waals surface area contributed by atoms with E-state index < -0.39 is 9.84 Å². The predicted octanol–water partition coefficient (Wildman–Crippen LogP) is 1.88. The molecule has 0 fully saturated rings. The summed E-state index contributed by atoms with van der Waals surface area (Å²) in [6, 6.07) is 3.42. The second-order valence-corrected chi connectivity index (χ2v) is 7.81. The summed E-state index contributed by atoms with van der Waals surface area (Å²) >= 11 is 0. The Balaban J connectivity index is 2.61. The molecule has 0 bridgehead atoms. The molecule has 25 heavy (non-hydrogen) atoms. The van der Waals surface area contributed by atoms with Crippen molar-refractivity contribution in [3.05, 3.63) is 40.1 Å². The lowest BCUT2D eigenvalue weighted by molar-refractivity contribution is 0.103. The highest BCUT2D eigenvalue weighted by Crippen LogP contribution is 2.29. The Morgan fingerprint density at radius 2 is 1.92 bits per heavy atom. The summed E-state index contributed by atoms with van der Waals surface area (Å²) in [5, 5.41) is 12.7. The molecule has 0 saturated heterocycles. The van der Waals surface area contributed by atoms with Crippen LogP contribution in [0.5, 0.6) is 5.88 Å². The molecule has 132 valence electrons. The van der Waals surface area contributed by atoms with Gasteiger partial charge in [-0.3, -0.25) is 4.79 Å². The first kappa shape index (κ1) is 18.7. The highest BCUT2D eigenvalue weighted by atomic mass is 32.2. The number of aryl methyl sites for hydroxylation is 2. The van der Waals surface area contributed by atoms with E-state index in [1.807, 2.05) is 6.07 Å². The van der Waals surface area contributed by atoms with E-state index in [9.17, 15) is 13.2 Å². The largest absolute Gasteiger partial charge is 0.462 e. The van der Waals surface area contributed by atoms with Gasteiger partial charge in [0.25, 0.3) is 0 Å². The van der Waals surface area contributed by atoms with Gasteiger partial charge in [0.1, 0.15) is 11.6 Å². The molecule has 2 aromatic rings. The number of hydrogen-bond acceptors (Lipinski definition) is 6. The van der Waals surface area contributed by atoms with Crippen LogP contribution >= 0.6 is 0 Å². The van der Waals surface area contributed by atoms with Crippen molar-refractivity contribution in [2.45, 2.75) is 25.7 Å². The Labute approximate surface area is 146 Å². The molecule has 0 radical (unpaired) electrons. The maximum atomic E-state index is 13.0. The fourth-order valence-corrected chi connectivity index (χ4v) is 4.22. The minimum atomic E-state index is -3.40. The molecule has 2 rings (SSSR count). The third-order valence-corrected chi connectivity index (χ3v) is 5.41. The van der Waals surface area contributed by atoms with Gasteiger partial charge < -0.3 is 4.74 Å². The molecule has 0 atom stereocenters. The molecule has 7 nitrogen and oxygen atoms in total. The number of nitrogens with zero attached hydrogens (tertiary/aromatic N) is 3. The maximum Gasteiger partial charge on any atom is 0.224 e. The molecule has 0 aliphatic carbocycles. The van der Waals surface area contributed by atoms with E-state index in [2.05, 4.69) is 5.10 Å². The summed E-state index contributed by atoms with van der Waals surface area (Å²) in [6.45, 7) is 4.86. The minimum Gasteiger partial charge on any atom is -0.462 e. The molecule has 0 N–H and O–H groups in total. The van der Waals surface area contributed by atoms with Crippen molar-refractivity contribution in [3.63, 3.8) is 0 Å². The van der Waals surface area contributed by atoms with E-state index in [4.69, 9.17) is 10.00 Å². The molecule has 0 aliphatic rings. The van der Waals surface area contributed by atoms with E-state index in [1.54, 1.807) is 33.9 Å². The summed E-state index contributed by atoms with van der Waals surface area (Å²) in [5.74, 6) is -0.127. The van der Waals surface area contributed by atoms with Crippen LogP contribution in [0, 0.1) is 32.1 Å². The van der Waals surface area contributed by atoms with Crippen molar-refractivity contribution >= 4 is 15.6 Å². The number of aromatic nitrogens is 2. The summed E-state index contributed by atoms with van der Waals surface area (Å²) in [4.78, 5) is 13.2. The Bertz CT molecular complexity index is 998. The lowest BCUT2D eigenvalue weighted by Gasteiger charge is -2.15. The molecule has 1 heterocycles. The van der Waals surface area contributed by atoms with Crippen molar-refractivity contribution in [2.24, 2.45) is 7.05 Å². The van der Waals surface area contributed by atoms with Crippen LogP contribution < -0.4 is 4.74 Å². The number of benzene rings is 1. The van der Waals surface area contributed by atoms with Crippen LogP contribution in [0.2, 0.25) is 0 Å². The van der Waals surface area contributed by atoms with Gasteiger partial charge in [-0.1, -0.05) is 0 Å². The first-order valence-electron chi connectivity index (χ1n) is 7.46. The fraction of sp³-hybridized carbons (Fsp3) is 0.353. The molecule has 0 aliphatic heterocycles. The van der Waals surface area contributed by atoms with Crippen LogP contribution in [0.25, 0.3) is 0 Å². The highest BCUT2D eigenvalue weighted by Gasteiger charge is 2.25. The van der Waals surface area contributed by atoms with E-state index in [1.165, 1.54) is 10.9 Å². The van der Waals surface area contributed by atoms with Crippen LogP contribution in [0.1, 0.15) is 32.6 Å². The van der Waals surface area contributed by atoms with Gasteiger partial charge in [-0.2, -0.15) is 10.4 Å². The van der Waals surface area contributed by atoms with Crippen LogP contribution in [0.4, 0.5) is 0 Å². The third kappa shape index (κ3) is 3.42. The Kier molecular flexibility index (Phi) is 4.99. The number of ketones is 1. The molecule has 0 unspecified atom stereocenters. The molecule has 1 aromatic carbocycles. The van der Waals surface area contributed by atoms with Crippen molar-refractivity contribution in [1.82, 2.24) is 9.78 Å². The minimum absolute atomic E-state index is 0.202. The van der Waals surface area contributed by atoms with Gasteiger partial charge in [0.2, 0.25) is 5.88 Å². The predicted molar refractivity (Wildman–Crippen MR) is 91.5 cm³/mol. The Morgan fingerprint density at radius 1 is 1.28 bits per heavy atom. The van der Waals surface area contributed by atoms with E-state index in [-0.39, 0.29) is 28.7 Å². The molecule has 1 aromatic heterocycles. The standard InChI is InChI=1S/C17H19N3O4S/c1-10-8-13(11(2)12(3)16(10)25(5,22)23)15(21)14-9-19-20(4)17(14)24-7-6-18/h8-9H,7H2,1-5H3. The van der Waals surface area contributed by atoms with Crippen LogP contribution in [-0.2, 0) is 16.9 Å². The lowest BCUT2D eigenvalue weighted by atomic mass is 9.95. The number of carbonyl (C=O) groups excluding carboxylic acids is 1. The topological polar surface area (TPSA) is 102 Å². The molecule has 0 saturated carbocycles. The second-order valence-electron chi connectivity index (χ2n) is 5.86. The number of sulfone groups is 1. The molecular formula is C17H19N3O4S. The molecule has 8 heteroatoms. The van der Waals surface area contributed by atoms with Crippen molar-refractivity contribution in [2.75, 3.05) is 12.9 Å². The fourth-order valence-electron chi connectivity index (χ4n) is 2.86. The van der Waals surface area contributed by atoms with Crippen molar-refractivity contribution < 1.29 is 17.9 Å². The second kappa shape index (κ2) is 6.69. The molecule has 0 spiro atoms. The number of nitriles is 1. The van der Waals surface area contributed by atoms with Crippen molar-refractivity contribution in [3.8, 4) is 11.9 Å². The first-order chi connectivity index (χ1) is 11.6. The molecular weight excluding hydrogens is 342 g/mol. The van der Waals surface area contributed by atoms with Crippen LogP contribution in [0.3, 0.4) is 0 Å². The molecule has 0 amide bonds. The summed E-state index contributed by atoms with van der Waals surface area (Å²) in [7, 11) is -1.79. The van der Waals surface area contributed by atoms with E-state index in [0.29, 0.717) is 22.3 Å². The van der Waals surface area contributed by atoms with Gasteiger partial charge in [0.15, 0.2) is 22.2 Å². The zero-order chi connectivity index (χ0) is 18.9. The zero-order valence-corrected chi connectivity index (χ0v) is 15.6. The average Bonchev–Trinajstić information content (AvgIpc) is 2.87. The Hall–Kier alpha value is -2.66. The van der Waals surface area contributed by atoms with Crippen LogP contribution in [-0.4, -0.2) is 36.8 Å². The lowest BCUT2D eigenvalue weighted by Crippen LogP contribution is -2.12. The van der Waals surface area contributed by atoms with E-state index in [0.717, 1.165) is 6.26 Å². The average molecular weight is 361 g/mol. The number of ether oxygens (including phenoxy) is 1. The van der Waals surface area contributed by atoms with Crippen molar-refractivity contribution in [1.29, 1.82) is 5.26 Å². The Morgan fingerprint density at radius 3 is 2.48 bits per heavy atom. The van der Waals surface area contributed by atoms with Crippen LogP contribution in [0.15, 0.2) is 17.2 Å². The SMILES string of the molecule is Cc1cc(C(=O)c2cnn(C)c2OCC#N)c(C)c(C)c1S(C)(=O)=O. The van der Waals surface area contributed by atoms with Gasteiger partial charge in [0, 0.05) is 18.9 Å². The zero-order valence-electron chi connectivity index (χ0n) is 14.7. The van der Waals surface area contributed by atoms with Gasteiger partial charge in [-0.25, -0.2) is 13.1 Å². The maximum absolute atomic E-state index is 13.0. The monoisotopic (exact) mass is 361 g/mol. The van der Waals surface area contributed by atoms with Gasteiger partial charge in [-0.05, 0) is 43.5 Å². The highest BCUT2D eigenvalue weighted by molar-refractivity contribution is 7.90. The quantitative estimate of drug-likeness (QED) is 0.754. The normalized spacial score (nSPS) is 11.2. The van der Waals surface area contributed by atoms with E-state index >= 15 is 0 Å². The summed E-state index contributed by atoms with van der Waals surface area (Å²) < 4.78 is 30.7. The third-order valence-electron chi connectivity index (χ3n) is 4.04. The van der Waals surface area contributed by atoms with Gasteiger partial charge in [-0.15, -0.1) is 0 Å². The summed E-state index contributed by atoms with van der Waals surface area (Å²) in [5.41, 5.74) is 2.27. The summed E-state index contributed by atoms with van der Waals surface area (Å²) in [6.07, 6.45) is 2.53. The number of hydrogen-bond donors (Lipinski definition) is 0. The van der Waals surface area contributed by atoms with Gasteiger partial charge >= 0.3 is 0 Å². The number of carbonyl (C=O) groups is 1.